The second-order valence-electron chi connectivity index (χ2n) is 9.38. The molecular formula is C24H36N4O4. The van der Waals surface area contributed by atoms with Crippen LogP contribution in [-0.2, 0) is 20.9 Å². The lowest BCUT2D eigenvalue weighted by Crippen LogP contribution is -2.49. The van der Waals surface area contributed by atoms with Gasteiger partial charge in [-0.1, -0.05) is 12.1 Å². The molecule has 0 radical (unpaired) electrons. The van der Waals surface area contributed by atoms with Crippen molar-refractivity contribution < 1.29 is 19.4 Å². The van der Waals surface area contributed by atoms with Crippen LogP contribution in [-0.4, -0.2) is 96.2 Å². The van der Waals surface area contributed by atoms with Gasteiger partial charge < -0.3 is 20.1 Å². The Balaban J connectivity index is 1.36. The van der Waals surface area contributed by atoms with Crippen molar-refractivity contribution in [2.75, 3.05) is 40.4 Å². The number of rotatable bonds is 7. The number of phenols is 1. The lowest BCUT2D eigenvalue weighted by Gasteiger charge is -2.33. The largest absolute Gasteiger partial charge is 0.508 e. The summed E-state index contributed by atoms with van der Waals surface area (Å²) in [7, 11) is 3.79. The fourth-order valence-electron chi connectivity index (χ4n) is 5.63. The van der Waals surface area contributed by atoms with Gasteiger partial charge in [0.05, 0.1) is 12.6 Å². The Bertz CT molecular complexity index is 802. The number of hydrogen-bond donors (Lipinski definition) is 2. The summed E-state index contributed by atoms with van der Waals surface area (Å²) in [5, 5.41) is 12.7. The monoisotopic (exact) mass is 444 g/mol. The summed E-state index contributed by atoms with van der Waals surface area (Å²) in [4.78, 5) is 32.4. The van der Waals surface area contributed by atoms with Gasteiger partial charge in [-0.25, -0.2) is 0 Å². The van der Waals surface area contributed by atoms with Gasteiger partial charge in [0.15, 0.2) is 0 Å². The Morgan fingerprint density at radius 3 is 2.72 bits per heavy atom. The van der Waals surface area contributed by atoms with E-state index in [2.05, 4.69) is 22.2 Å². The van der Waals surface area contributed by atoms with Gasteiger partial charge >= 0.3 is 0 Å². The highest BCUT2D eigenvalue weighted by Gasteiger charge is 2.45. The van der Waals surface area contributed by atoms with E-state index in [1.807, 2.05) is 17.0 Å². The smallest absolute Gasteiger partial charge is 0.239 e. The van der Waals surface area contributed by atoms with Crippen molar-refractivity contribution in [2.24, 2.45) is 0 Å². The Morgan fingerprint density at radius 1 is 1.19 bits per heavy atom. The molecule has 0 saturated carbocycles. The Labute approximate surface area is 190 Å². The lowest BCUT2D eigenvalue weighted by molar-refractivity contribution is -0.133. The quantitative estimate of drug-likeness (QED) is 0.657. The van der Waals surface area contributed by atoms with Crippen molar-refractivity contribution in [3.63, 3.8) is 0 Å². The van der Waals surface area contributed by atoms with Gasteiger partial charge in [0.25, 0.3) is 0 Å². The van der Waals surface area contributed by atoms with Gasteiger partial charge in [0, 0.05) is 51.8 Å². The van der Waals surface area contributed by atoms with E-state index in [1.54, 1.807) is 19.2 Å². The first-order valence-electron chi connectivity index (χ1n) is 11.8. The number of ether oxygens (including phenoxy) is 1. The van der Waals surface area contributed by atoms with Crippen LogP contribution in [0.25, 0.3) is 0 Å². The zero-order valence-electron chi connectivity index (χ0n) is 19.2. The van der Waals surface area contributed by atoms with Gasteiger partial charge in [-0.15, -0.1) is 0 Å². The summed E-state index contributed by atoms with van der Waals surface area (Å²) in [6.07, 6.45) is 4.23. The maximum absolute atomic E-state index is 13.0. The zero-order chi connectivity index (χ0) is 22.7. The van der Waals surface area contributed by atoms with Crippen molar-refractivity contribution in [1.82, 2.24) is 20.0 Å². The van der Waals surface area contributed by atoms with E-state index in [4.69, 9.17) is 4.74 Å². The van der Waals surface area contributed by atoms with Gasteiger partial charge in [-0.3, -0.25) is 19.4 Å². The van der Waals surface area contributed by atoms with E-state index in [0.29, 0.717) is 26.1 Å². The average Bonchev–Trinajstić information content (AvgIpc) is 3.39. The van der Waals surface area contributed by atoms with Crippen LogP contribution < -0.4 is 5.32 Å². The molecule has 3 heterocycles. The number of aromatic hydroxyl groups is 1. The molecule has 4 atom stereocenters. The third-order valence-corrected chi connectivity index (χ3v) is 7.42. The number of fused-ring (bicyclic) bond motifs is 1. The van der Waals surface area contributed by atoms with Crippen molar-refractivity contribution in [2.45, 2.75) is 62.8 Å². The minimum Gasteiger partial charge on any atom is -0.508 e. The van der Waals surface area contributed by atoms with E-state index in [0.717, 1.165) is 44.3 Å². The van der Waals surface area contributed by atoms with E-state index >= 15 is 0 Å². The van der Waals surface area contributed by atoms with Crippen molar-refractivity contribution >= 4 is 11.8 Å². The number of methoxy groups -OCH3 is 1. The molecule has 0 spiro atoms. The highest BCUT2D eigenvalue weighted by molar-refractivity contribution is 5.83. The number of nitrogens with zero attached hydrogens (tertiary/aromatic N) is 3. The number of benzene rings is 1. The molecule has 176 valence electrons. The molecule has 0 aromatic heterocycles. The fraction of sp³-hybridized carbons (Fsp3) is 0.667. The topological polar surface area (TPSA) is 85.3 Å². The SMILES string of the molecule is COC[C@H]1CCCN1C(=O)CC[C@H]1CNC(=O)[C@@H]2[C@H](CCN2Cc2ccc(O)cc2)N1C. The maximum Gasteiger partial charge on any atom is 0.239 e. The summed E-state index contributed by atoms with van der Waals surface area (Å²) in [6, 6.07) is 7.48. The highest BCUT2D eigenvalue weighted by atomic mass is 16.5. The number of amides is 2. The molecule has 0 aliphatic carbocycles. The van der Waals surface area contributed by atoms with Crippen LogP contribution in [0.3, 0.4) is 0 Å². The Morgan fingerprint density at radius 2 is 1.97 bits per heavy atom. The number of hydrogen-bond acceptors (Lipinski definition) is 6. The molecule has 3 aliphatic heterocycles. The number of nitrogens with one attached hydrogen (secondary N) is 1. The van der Waals surface area contributed by atoms with E-state index in [1.165, 1.54) is 0 Å². The molecule has 4 rings (SSSR count). The zero-order valence-corrected chi connectivity index (χ0v) is 19.2. The first kappa shape index (κ1) is 23.0. The number of carbonyl (C=O) groups excluding carboxylic acids is 2. The van der Waals surface area contributed by atoms with Crippen LogP contribution in [0.2, 0.25) is 0 Å². The van der Waals surface area contributed by atoms with Crippen molar-refractivity contribution in [1.29, 1.82) is 0 Å². The number of likely N-dealkylation sites (tertiary alicyclic amines) is 2. The summed E-state index contributed by atoms with van der Waals surface area (Å²) in [5.74, 6) is 0.525. The molecule has 3 fully saturated rings. The fourth-order valence-corrected chi connectivity index (χ4v) is 5.63. The third-order valence-electron chi connectivity index (χ3n) is 7.42. The van der Waals surface area contributed by atoms with Crippen LogP contribution in [0.1, 0.15) is 37.7 Å². The summed E-state index contributed by atoms with van der Waals surface area (Å²) < 4.78 is 5.29. The molecule has 1 aromatic carbocycles. The molecule has 1 aromatic rings. The van der Waals surface area contributed by atoms with Gasteiger partial charge in [-0.2, -0.15) is 0 Å². The molecule has 0 unspecified atom stereocenters. The summed E-state index contributed by atoms with van der Waals surface area (Å²) >= 11 is 0. The molecule has 8 nitrogen and oxygen atoms in total. The number of carbonyl (C=O) groups is 2. The summed E-state index contributed by atoms with van der Waals surface area (Å²) in [6.45, 7) is 3.53. The van der Waals surface area contributed by atoms with Crippen LogP contribution in [0.15, 0.2) is 24.3 Å². The minimum absolute atomic E-state index is 0.0756. The Kier molecular flexibility index (Phi) is 7.33. The van der Waals surface area contributed by atoms with Crippen molar-refractivity contribution in [3.8, 4) is 5.75 Å². The van der Waals surface area contributed by atoms with Crippen molar-refractivity contribution in [3.05, 3.63) is 29.8 Å². The first-order chi connectivity index (χ1) is 15.5. The van der Waals surface area contributed by atoms with E-state index < -0.39 is 0 Å². The van der Waals surface area contributed by atoms with Crippen LogP contribution in [0.5, 0.6) is 5.75 Å². The van der Waals surface area contributed by atoms with Crippen LogP contribution in [0.4, 0.5) is 0 Å². The molecule has 8 heteroatoms. The van der Waals surface area contributed by atoms with Gasteiger partial charge in [0.1, 0.15) is 11.8 Å². The second kappa shape index (κ2) is 10.2. The van der Waals surface area contributed by atoms with Gasteiger partial charge in [-0.05, 0) is 50.4 Å². The lowest BCUT2D eigenvalue weighted by atomic mass is 10.0. The molecule has 32 heavy (non-hydrogen) atoms. The normalized spacial score (nSPS) is 29.1. The third kappa shape index (κ3) is 4.92. The number of likely N-dealkylation sites (N-methyl/N-ethyl adjacent to an activating group) is 1. The minimum atomic E-state index is -0.195. The van der Waals surface area contributed by atoms with E-state index in [-0.39, 0.29) is 41.7 Å². The average molecular weight is 445 g/mol. The summed E-state index contributed by atoms with van der Waals surface area (Å²) in [5.41, 5.74) is 1.08. The highest BCUT2D eigenvalue weighted by Crippen LogP contribution is 2.29. The van der Waals surface area contributed by atoms with Gasteiger partial charge in [0.2, 0.25) is 11.8 Å². The maximum atomic E-state index is 13.0. The van der Waals surface area contributed by atoms with E-state index in [9.17, 15) is 14.7 Å². The molecule has 0 bridgehead atoms. The molecule has 2 amide bonds. The van der Waals surface area contributed by atoms with Crippen LogP contribution >= 0.6 is 0 Å². The van der Waals surface area contributed by atoms with Crippen LogP contribution in [0, 0.1) is 0 Å². The molecule has 3 saturated heterocycles. The number of phenolic OH excluding ortho intramolecular Hbond substituents is 1. The molecule has 2 N–H and O–H groups in total. The first-order valence-corrected chi connectivity index (χ1v) is 11.8. The molecular weight excluding hydrogens is 408 g/mol. The second-order valence-corrected chi connectivity index (χ2v) is 9.38. The predicted octanol–water partition coefficient (Wildman–Crippen LogP) is 1.18. The standard InChI is InChI=1S/C24H36N4O4/c1-26-18(7-10-22(30)28-12-3-4-19(28)16-32-2)14-25-24(31)23-21(26)11-13-27(23)15-17-5-8-20(29)9-6-17/h5-6,8-9,18-19,21,23,29H,3-4,7,10-16H2,1-2H3,(H,25,31)/t18-,19+,21-,23-/m0/s1. The predicted molar refractivity (Wildman–Crippen MR) is 121 cm³/mol. The molecule has 3 aliphatic rings. The Hall–Kier alpha value is -2.16.